The smallest absolute Gasteiger partial charge is 0.101 e. The fourth-order valence-corrected chi connectivity index (χ4v) is 7.06. The molecule has 6 aliphatic carbocycles. The lowest BCUT2D eigenvalue weighted by molar-refractivity contribution is -0.180. The van der Waals surface area contributed by atoms with E-state index in [0.717, 1.165) is 12.8 Å². The second-order valence-electron chi connectivity index (χ2n) is 8.49. The van der Waals surface area contributed by atoms with Gasteiger partial charge >= 0.3 is 0 Å². The zero-order valence-corrected chi connectivity index (χ0v) is 12.5. The Morgan fingerprint density at radius 3 is 1.45 bits per heavy atom. The molecule has 2 nitrogen and oxygen atoms in total. The summed E-state index contributed by atoms with van der Waals surface area (Å²) in [5, 5.41) is 23.4. The van der Waals surface area contributed by atoms with Crippen molar-refractivity contribution in [2.45, 2.75) is 24.0 Å². The zero-order valence-electron chi connectivity index (χ0n) is 12.5. The quantitative estimate of drug-likeness (QED) is 0.729. The third-order valence-corrected chi connectivity index (χ3v) is 7.90. The fourth-order valence-electron chi connectivity index (χ4n) is 7.06. The molecular weight excluding hydrogens is 272 g/mol. The van der Waals surface area contributed by atoms with Gasteiger partial charge in [0.05, 0.1) is 0 Å². The minimum absolute atomic E-state index is 0.123. The molecule has 6 aliphatic rings. The molecule has 0 spiro atoms. The van der Waals surface area contributed by atoms with Crippen LogP contribution in [0.3, 0.4) is 0 Å². The molecule has 0 aromatic rings. The third kappa shape index (κ3) is 1.11. The van der Waals surface area contributed by atoms with E-state index in [9.17, 15) is 10.2 Å². The standard InChI is InChI=1S/C20H22O2/c21-19(9-13-3-1-11-5-7-15(19)17(11)13)20(22)10-14-4-2-12-6-8-16(20)18(12)14/h1-8,11-18,21-22H,9-10H2/t11-,12-,13-,14-,15-,16-,17-,18-,19-,20+/m0/s1. The van der Waals surface area contributed by atoms with Gasteiger partial charge in [0.1, 0.15) is 11.2 Å². The van der Waals surface area contributed by atoms with E-state index >= 15 is 0 Å². The van der Waals surface area contributed by atoms with E-state index in [2.05, 4.69) is 48.6 Å². The molecule has 0 aliphatic heterocycles. The van der Waals surface area contributed by atoms with Crippen LogP contribution in [0.1, 0.15) is 12.8 Å². The topological polar surface area (TPSA) is 40.5 Å². The van der Waals surface area contributed by atoms with Gasteiger partial charge in [0.2, 0.25) is 0 Å². The number of hydrogen-bond donors (Lipinski definition) is 2. The van der Waals surface area contributed by atoms with Crippen molar-refractivity contribution >= 4 is 0 Å². The summed E-state index contributed by atoms with van der Waals surface area (Å²) in [7, 11) is 0. The highest BCUT2D eigenvalue weighted by molar-refractivity contribution is 5.37. The third-order valence-electron chi connectivity index (χ3n) is 7.90. The fraction of sp³-hybridized carbons (Fsp3) is 0.600. The number of aliphatic hydroxyl groups is 2. The van der Waals surface area contributed by atoms with Crippen molar-refractivity contribution in [3.8, 4) is 0 Å². The van der Waals surface area contributed by atoms with E-state index < -0.39 is 11.2 Å². The summed E-state index contributed by atoms with van der Waals surface area (Å²) < 4.78 is 0. The monoisotopic (exact) mass is 294 g/mol. The predicted molar refractivity (Wildman–Crippen MR) is 83.6 cm³/mol. The Bertz CT molecular complexity index is 615. The van der Waals surface area contributed by atoms with Gasteiger partial charge in [-0.2, -0.15) is 0 Å². The Kier molecular flexibility index (Phi) is 1.97. The Hall–Kier alpha value is -1.12. The molecule has 0 saturated heterocycles. The SMILES string of the molecule is O[C@]1([C@]2(O)C[C@@H]3C=C[C@H]4C=C[C@H]2[C@@H]43)C[C@@H]2C=C[C@H]3C=C[C@H]1[C@@H]32. The van der Waals surface area contributed by atoms with Crippen LogP contribution in [0.4, 0.5) is 0 Å². The summed E-state index contributed by atoms with van der Waals surface area (Å²) in [6, 6.07) is 0. The van der Waals surface area contributed by atoms with Gasteiger partial charge < -0.3 is 10.2 Å². The van der Waals surface area contributed by atoms with Crippen LogP contribution in [0, 0.1) is 47.3 Å². The molecule has 22 heavy (non-hydrogen) atoms. The molecule has 0 radical (unpaired) electrons. The van der Waals surface area contributed by atoms with E-state index in [4.69, 9.17) is 0 Å². The summed E-state index contributed by atoms with van der Waals surface area (Å²) in [4.78, 5) is 0. The number of allylic oxidation sites excluding steroid dienone is 6. The van der Waals surface area contributed by atoms with Gasteiger partial charge in [-0.15, -0.1) is 0 Å². The van der Waals surface area contributed by atoms with Crippen molar-refractivity contribution < 1.29 is 10.2 Å². The van der Waals surface area contributed by atoms with Crippen molar-refractivity contribution in [2.75, 3.05) is 0 Å². The van der Waals surface area contributed by atoms with Crippen LogP contribution >= 0.6 is 0 Å². The highest BCUT2D eigenvalue weighted by atomic mass is 16.4. The van der Waals surface area contributed by atoms with E-state index in [1.54, 1.807) is 0 Å². The van der Waals surface area contributed by atoms with Crippen LogP contribution in [0.5, 0.6) is 0 Å². The molecular formula is C20H22O2. The summed E-state index contributed by atoms with van der Waals surface area (Å²) in [6.07, 6.45) is 19.5. The molecule has 0 bridgehead atoms. The average Bonchev–Trinajstić information content (AvgIpc) is 3.24. The lowest BCUT2D eigenvalue weighted by Gasteiger charge is -2.45. The highest BCUT2D eigenvalue weighted by Crippen LogP contribution is 2.66. The van der Waals surface area contributed by atoms with Crippen molar-refractivity contribution in [3.05, 3.63) is 48.6 Å². The highest BCUT2D eigenvalue weighted by Gasteiger charge is 2.70. The van der Waals surface area contributed by atoms with Gasteiger partial charge in [0, 0.05) is 11.8 Å². The minimum atomic E-state index is -0.958. The summed E-state index contributed by atoms with van der Waals surface area (Å²) in [5.41, 5.74) is -1.92. The van der Waals surface area contributed by atoms with Crippen molar-refractivity contribution in [1.29, 1.82) is 0 Å². The molecule has 2 N–H and O–H groups in total. The van der Waals surface area contributed by atoms with Crippen molar-refractivity contribution in [3.63, 3.8) is 0 Å². The first kappa shape index (κ1) is 12.3. The van der Waals surface area contributed by atoms with Crippen LogP contribution in [0.2, 0.25) is 0 Å². The molecule has 10 atom stereocenters. The van der Waals surface area contributed by atoms with Crippen molar-refractivity contribution in [2.24, 2.45) is 47.3 Å². The van der Waals surface area contributed by atoms with Gasteiger partial charge in [0.25, 0.3) is 0 Å². The lowest BCUT2D eigenvalue weighted by atomic mass is 9.68. The first-order valence-corrected chi connectivity index (χ1v) is 8.80. The molecule has 2 heteroatoms. The van der Waals surface area contributed by atoms with Crippen LogP contribution in [0.25, 0.3) is 0 Å². The van der Waals surface area contributed by atoms with E-state index in [-0.39, 0.29) is 11.8 Å². The normalized spacial score (nSPS) is 65.0. The maximum atomic E-state index is 11.7. The van der Waals surface area contributed by atoms with Crippen LogP contribution in [0.15, 0.2) is 48.6 Å². The zero-order chi connectivity index (χ0) is 14.7. The van der Waals surface area contributed by atoms with Gasteiger partial charge in [0.15, 0.2) is 0 Å². The number of rotatable bonds is 1. The Morgan fingerprint density at radius 1 is 0.591 bits per heavy atom. The largest absolute Gasteiger partial charge is 0.386 e. The predicted octanol–water partition coefficient (Wildman–Crippen LogP) is 2.46. The van der Waals surface area contributed by atoms with E-state index in [1.165, 1.54) is 0 Å². The van der Waals surface area contributed by atoms with E-state index in [0.29, 0.717) is 35.5 Å². The van der Waals surface area contributed by atoms with E-state index in [1.807, 2.05) is 0 Å². The minimum Gasteiger partial charge on any atom is -0.386 e. The molecule has 114 valence electrons. The van der Waals surface area contributed by atoms with Gasteiger partial charge in [-0.1, -0.05) is 48.6 Å². The molecule has 2 saturated carbocycles. The summed E-state index contributed by atoms with van der Waals surface area (Å²) in [6.45, 7) is 0. The molecule has 0 aromatic carbocycles. The summed E-state index contributed by atoms with van der Waals surface area (Å²) in [5.74, 6) is 3.08. The Balaban J connectivity index is 1.47. The maximum Gasteiger partial charge on any atom is 0.101 e. The first-order chi connectivity index (χ1) is 10.6. The molecule has 6 rings (SSSR count). The van der Waals surface area contributed by atoms with Crippen molar-refractivity contribution in [1.82, 2.24) is 0 Å². The Morgan fingerprint density at radius 2 is 1.00 bits per heavy atom. The molecule has 0 heterocycles. The van der Waals surface area contributed by atoms with Crippen LogP contribution < -0.4 is 0 Å². The first-order valence-electron chi connectivity index (χ1n) is 8.80. The molecule has 2 fully saturated rings. The number of hydrogen-bond acceptors (Lipinski definition) is 2. The van der Waals surface area contributed by atoms with Crippen LogP contribution in [-0.4, -0.2) is 21.4 Å². The maximum absolute atomic E-state index is 11.7. The molecule has 0 aromatic heterocycles. The Labute approximate surface area is 130 Å². The van der Waals surface area contributed by atoms with Crippen LogP contribution in [-0.2, 0) is 0 Å². The molecule has 0 amide bonds. The van der Waals surface area contributed by atoms with Gasteiger partial charge in [-0.25, -0.2) is 0 Å². The molecule has 0 unspecified atom stereocenters. The average molecular weight is 294 g/mol. The van der Waals surface area contributed by atoms with Gasteiger partial charge in [-0.3, -0.25) is 0 Å². The summed E-state index contributed by atoms with van der Waals surface area (Å²) >= 11 is 0. The lowest BCUT2D eigenvalue weighted by Crippen LogP contribution is -2.59. The second-order valence-corrected chi connectivity index (χ2v) is 8.49. The second kappa shape index (κ2) is 3.52. The van der Waals surface area contributed by atoms with Gasteiger partial charge in [-0.05, 0) is 48.3 Å².